The highest BCUT2D eigenvalue weighted by atomic mass is 19.3. The van der Waals surface area contributed by atoms with Gasteiger partial charge in [-0.05, 0) is 56.9 Å². The molecule has 1 aromatic carbocycles. The van der Waals surface area contributed by atoms with Gasteiger partial charge in [0.1, 0.15) is 18.2 Å². The van der Waals surface area contributed by atoms with Crippen LogP contribution in [0.3, 0.4) is 0 Å². The van der Waals surface area contributed by atoms with Gasteiger partial charge in [0.05, 0.1) is 16.9 Å². The van der Waals surface area contributed by atoms with Crippen molar-refractivity contribution in [3.8, 4) is 6.07 Å². The van der Waals surface area contributed by atoms with E-state index in [4.69, 9.17) is 5.11 Å². The molecule has 8 heteroatoms. The van der Waals surface area contributed by atoms with Gasteiger partial charge in [0.2, 0.25) is 0 Å². The van der Waals surface area contributed by atoms with Crippen LogP contribution in [-0.2, 0) is 11.3 Å². The second-order valence-corrected chi connectivity index (χ2v) is 8.16. The summed E-state index contributed by atoms with van der Waals surface area (Å²) >= 11 is 0. The SMILES string of the molecule is Cc1nc(N[C@H](C)c2cccc(C(F)(F)CO)c2)c2cc(C3(C#N)CC3)c(C)nc2n1. The van der Waals surface area contributed by atoms with E-state index in [1.165, 1.54) is 12.1 Å². The number of fused-ring (bicyclic) bond motifs is 1. The van der Waals surface area contributed by atoms with Crippen LogP contribution in [-0.4, -0.2) is 26.7 Å². The summed E-state index contributed by atoms with van der Waals surface area (Å²) in [4.78, 5) is 13.6. The normalized spacial score (nSPS) is 16.0. The number of anilines is 1. The minimum atomic E-state index is -3.31. The Bertz CT molecular complexity index is 1200. The Morgan fingerprint density at radius 2 is 1.97 bits per heavy atom. The zero-order valence-corrected chi connectivity index (χ0v) is 17.6. The number of rotatable bonds is 6. The van der Waals surface area contributed by atoms with Crippen molar-refractivity contribution in [1.29, 1.82) is 5.26 Å². The lowest BCUT2D eigenvalue weighted by atomic mass is 9.95. The number of aliphatic hydroxyl groups is 1. The third kappa shape index (κ3) is 3.81. The zero-order chi connectivity index (χ0) is 22.4. The van der Waals surface area contributed by atoms with Gasteiger partial charge in [0, 0.05) is 17.3 Å². The standard InChI is InChI=1S/C23H23F2N5O/c1-13(16-5-4-6-17(9-16)23(24,25)12-31)27-20-18-10-19(22(11-26)7-8-22)14(2)28-21(18)30-15(3)29-20/h4-6,9-10,13,31H,7-8,12H2,1-3H3,(H,27,28,29,30)/t13-/m1/s1. The molecule has 0 aliphatic heterocycles. The first kappa shape index (κ1) is 21.1. The first-order chi connectivity index (χ1) is 14.7. The lowest BCUT2D eigenvalue weighted by Gasteiger charge is -2.20. The van der Waals surface area contributed by atoms with Crippen molar-refractivity contribution in [2.45, 2.75) is 51.0 Å². The monoisotopic (exact) mass is 423 g/mol. The van der Waals surface area contributed by atoms with Crippen LogP contribution in [0, 0.1) is 25.2 Å². The molecule has 1 fully saturated rings. The van der Waals surface area contributed by atoms with Crippen molar-refractivity contribution in [2.75, 3.05) is 11.9 Å². The number of hydrogen-bond donors (Lipinski definition) is 2. The largest absolute Gasteiger partial charge is 0.390 e. The number of aryl methyl sites for hydroxylation is 2. The minimum absolute atomic E-state index is 0.242. The number of hydrogen-bond acceptors (Lipinski definition) is 6. The molecule has 160 valence electrons. The van der Waals surface area contributed by atoms with E-state index in [1.54, 1.807) is 19.1 Å². The van der Waals surface area contributed by atoms with E-state index in [9.17, 15) is 14.0 Å². The molecule has 31 heavy (non-hydrogen) atoms. The van der Waals surface area contributed by atoms with Crippen LogP contribution < -0.4 is 5.32 Å². The van der Waals surface area contributed by atoms with Crippen LogP contribution in [0.2, 0.25) is 0 Å². The molecule has 0 radical (unpaired) electrons. The number of halogens is 2. The Morgan fingerprint density at radius 3 is 2.61 bits per heavy atom. The van der Waals surface area contributed by atoms with Crippen LogP contribution in [0.1, 0.15) is 54.0 Å². The van der Waals surface area contributed by atoms with Crippen LogP contribution in [0.4, 0.5) is 14.6 Å². The van der Waals surface area contributed by atoms with E-state index in [2.05, 4.69) is 26.3 Å². The fourth-order valence-corrected chi connectivity index (χ4v) is 3.83. The van der Waals surface area contributed by atoms with Gasteiger partial charge < -0.3 is 10.4 Å². The summed E-state index contributed by atoms with van der Waals surface area (Å²) < 4.78 is 27.8. The quantitative estimate of drug-likeness (QED) is 0.608. The van der Waals surface area contributed by atoms with E-state index in [-0.39, 0.29) is 11.6 Å². The van der Waals surface area contributed by atoms with Gasteiger partial charge in [-0.3, -0.25) is 0 Å². The van der Waals surface area contributed by atoms with Gasteiger partial charge in [-0.2, -0.15) is 14.0 Å². The highest BCUT2D eigenvalue weighted by molar-refractivity contribution is 5.88. The Balaban J connectivity index is 1.74. The van der Waals surface area contributed by atoms with E-state index in [0.29, 0.717) is 28.2 Å². The van der Waals surface area contributed by atoms with Gasteiger partial charge in [-0.15, -0.1) is 0 Å². The van der Waals surface area contributed by atoms with Gasteiger partial charge in [0.25, 0.3) is 5.92 Å². The Labute approximate surface area is 179 Å². The topological polar surface area (TPSA) is 94.7 Å². The van der Waals surface area contributed by atoms with Gasteiger partial charge in [-0.1, -0.05) is 18.2 Å². The van der Waals surface area contributed by atoms with Crippen LogP contribution in [0.25, 0.3) is 11.0 Å². The van der Waals surface area contributed by atoms with Crippen molar-refractivity contribution in [2.24, 2.45) is 0 Å². The molecule has 1 aliphatic carbocycles. The van der Waals surface area contributed by atoms with Crippen molar-refractivity contribution in [3.63, 3.8) is 0 Å². The molecule has 4 rings (SSSR count). The lowest BCUT2D eigenvalue weighted by Crippen LogP contribution is -2.19. The maximum atomic E-state index is 13.9. The van der Waals surface area contributed by atoms with Crippen LogP contribution >= 0.6 is 0 Å². The highest BCUT2D eigenvalue weighted by Crippen LogP contribution is 2.49. The van der Waals surface area contributed by atoms with Crippen molar-refractivity contribution in [1.82, 2.24) is 15.0 Å². The maximum Gasteiger partial charge on any atom is 0.295 e. The van der Waals surface area contributed by atoms with Crippen molar-refractivity contribution < 1.29 is 13.9 Å². The molecule has 0 amide bonds. The number of alkyl halides is 2. The van der Waals surface area contributed by atoms with Crippen LogP contribution in [0.5, 0.6) is 0 Å². The summed E-state index contributed by atoms with van der Waals surface area (Å²) in [6.45, 7) is 4.24. The first-order valence-electron chi connectivity index (χ1n) is 10.1. The second kappa shape index (κ2) is 7.50. The van der Waals surface area contributed by atoms with Gasteiger partial charge >= 0.3 is 0 Å². The second-order valence-electron chi connectivity index (χ2n) is 8.16. The molecular formula is C23H23F2N5O. The average molecular weight is 423 g/mol. The number of aliphatic hydroxyl groups excluding tert-OH is 1. The molecule has 2 N–H and O–H groups in total. The number of nitrogens with one attached hydrogen (secondary N) is 1. The maximum absolute atomic E-state index is 13.9. The molecule has 6 nitrogen and oxygen atoms in total. The molecule has 0 spiro atoms. The number of aromatic nitrogens is 3. The Morgan fingerprint density at radius 1 is 1.23 bits per heavy atom. The fraction of sp³-hybridized carbons (Fsp3) is 0.391. The molecule has 0 bridgehead atoms. The Hall–Kier alpha value is -3.18. The summed E-state index contributed by atoms with van der Waals surface area (Å²) in [6.07, 6.45) is 1.60. The summed E-state index contributed by atoms with van der Waals surface area (Å²) in [6, 6.07) is 9.96. The molecule has 1 atom stereocenters. The summed E-state index contributed by atoms with van der Waals surface area (Å²) in [5.41, 5.74) is 2.08. The minimum Gasteiger partial charge on any atom is -0.390 e. The molecule has 0 unspecified atom stereocenters. The molecule has 0 saturated heterocycles. The zero-order valence-electron chi connectivity index (χ0n) is 17.6. The van der Waals surface area contributed by atoms with E-state index < -0.39 is 17.9 Å². The fourth-order valence-electron chi connectivity index (χ4n) is 3.83. The van der Waals surface area contributed by atoms with E-state index in [0.717, 1.165) is 24.1 Å². The molecule has 3 aromatic rings. The van der Waals surface area contributed by atoms with Gasteiger partial charge in [0.15, 0.2) is 5.65 Å². The summed E-state index contributed by atoms with van der Waals surface area (Å²) in [5, 5.41) is 22.6. The van der Waals surface area contributed by atoms with E-state index in [1.807, 2.05) is 19.9 Å². The van der Waals surface area contributed by atoms with Crippen molar-refractivity contribution >= 4 is 16.9 Å². The molecular weight excluding hydrogens is 400 g/mol. The number of benzene rings is 1. The highest BCUT2D eigenvalue weighted by Gasteiger charge is 2.46. The number of nitrogens with zero attached hydrogens (tertiary/aromatic N) is 4. The van der Waals surface area contributed by atoms with E-state index >= 15 is 0 Å². The summed E-state index contributed by atoms with van der Waals surface area (Å²) in [5.74, 6) is -2.24. The predicted octanol–water partition coefficient (Wildman–Crippen LogP) is 4.45. The van der Waals surface area contributed by atoms with Crippen molar-refractivity contribution in [3.05, 3.63) is 58.5 Å². The third-order valence-electron chi connectivity index (χ3n) is 5.83. The smallest absolute Gasteiger partial charge is 0.295 e. The molecule has 1 saturated carbocycles. The van der Waals surface area contributed by atoms with Crippen LogP contribution in [0.15, 0.2) is 30.3 Å². The van der Waals surface area contributed by atoms with Gasteiger partial charge in [-0.25, -0.2) is 15.0 Å². The Kier molecular flexibility index (Phi) is 5.10. The number of pyridine rings is 1. The molecule has 1 aliphatic rings. The molecule has 2 heterocycles. The lowest BCUT2D eigenvalue weighted by molar-refractivity contribution is -0.0556. The third-order valence-corrected chi connectivity index (χ3v) is 5.83. The summed E-state index contributed by atoms with van der Waals surface area (Å²) in [7, 11) is 0. The first-order valence-corrected chi connectivity index (χ1v) is 10.1. The number of nitriles is 1. The molecule has 2 aromatic heterocycles. The average Bonchev–Trinajstić information content (AvgIpc) is 3.54. The predicted molar refractivity (Wildman–Crippen MR) is 113 cm³/mol.